The Labute approximate surface area is 162 Å². The lowest BCUT2D eigenvalue weighted by Gasteiger charge is -2.21. The molecule has 7 nitrogen and oxygen atoms in total. The quantitative estimate of drug-likeness (QED) is 0.607. The minimum atomic E-state index is -4.80. The van der Waals surface area contributed by atoms with Crippen LogP contribution in [0.5, 0.6) is 5.75 Å². The Morgan fingerprint density at radius 3 is 2.34 bits per heavy atom. The van der Waals surface area contributed by atoms with Gasteiger partial charge in [0, 0.05) is 5.56 Å². The number of carbonyl (C=O) groups is 3. The number of anilines is 1. The number of halogens is 3. The van der Waals surface area contributed by atoms with E-state index >= 15 is 0 Å². The zero-order chi connectivity index (χ0) is 21.0. The summed E-state index contributed by atoms with van der Waals surface area (Å²) in [6, 6.07) is 9.35. The Morgan fingerprint density at radius 1 is 1.07 bits per heavy atom. The third-order valence-electron chi connectivity index (χ3n) is 4.78. The van der Waals surface area contributed by atoms with Gasteiger partial charge in [-0.25, -0.2) is 4.79 Å². The first-order valence-corrected chi connectivity index (χ1v) is 8.51. The summed E-state index contributed by atoms with van der Waals surface area (Å²) < 4.78 is 40.8. The van der Waals surface area contributed by atoms with Crippen molar-refractivity contribution in [3.63, 3.8) is 0 Å². The summed E-state index contributed by atoms with van der Waals surface area (Å²) in [4.78, 5) is 38.8. The maximum absolute atomic E-state index is 13.2. The van der Waals surface area contributed by atoms with Crippen LogP contribution in [0.3, 0.4) is 0 Å². The maximum Gasteiger partial charge on any atom is 0.573 e. The third-order valence-corrected chi connectivity index (χ3v) is 4.78. The normalized spacial score (nSPS) is 20.7. The van der Waals surface area contributed by atoms with Crippen molar-refractivity contribution < 1.29 is 32.3 Å². The summed E-state index contributed by atoms with van der Waals surface area (Å²) >= 11 is 0. The molecule has 2 aromatic rings. The Morgan fingerprint density at radius 2 is 1.76 bits per heavy atom. The van der Waals surface area contributed by atoms with E-state index in [1.54, 1.807) is 25.1 Å². The molecule has 2 aromatic carbocycles. The van der Waals surface area contributed by atoms with Crippen LogP contribution < -0.4 is 20.3 Å². The Balaban J connectivity index is 1.68. The molecule has 2 N–H and O–H groups in total. The van der Waals surface area contributed by atoms with E-state index in [1.165, 1.54) is 17.0 Å². The zero-order valence-corrected chi connectivity index (χ0v) is 15.0. The Bertz CT molecular complexity index is 1040. The SMILES string of the molecule is Cc1ccc2c(c1)C1(NC(=O)NC1=O)C(=O)N2Cc1ccc(OC(F)(F)F)cc1. The summed E-state index contributed by atoms with van der Waals surface area (Å²) in [5, 5.41) is 4.52. The predicted molar refractivity (Wildman–Crippen MR) is 93.8 cm³/mol. The third kappa shape index (κ3) is 3.06. The molecule has 2 heterocycles. The number of benzene rings is 2. The topological polar surface area (TPSA) is 87.7 Å². The van der Waals surface area contributed by atoms with E-state index in [0.717, 1.165) is 17.7 Å². The van der Waals surface area contributed by atoms with Crippen molar-refractivity contribution >= 4 is 23.5 Å². The van der Waals surface area contributed by atoms with E-state index in [9.17, 15) is 27.6 Å². The van der Waals surface area contributed by atoms with Crippen LogP contribution in [-0.2, 0) is 21.7 Å². The second-order valence-corrected chi connectivity index (χ2v) is 6.76. The summed E-state index contributed by atoms with van der Waals surface area (Å²) in [5.41, 5.74) is 0.246. The molecule has 29 heavy (non-hydrogen) atoms. The lowest BCUT2D eigenvalue weighted by molar-refractivity contribution is -0.274. The molecule has 10 heteroatoms. The maximum atomic E-state index is 13.2. The van der Waals surface area contributed by atoms with Gasteiger partial charge >= 0.3 is 12.4 Å². The van der Waals surface area contributed by atoms with Gasteiger partial charge in [-0.1, -0.05) is 29.8 Å². The van der Waals surface area contributed by atoms with Crippen molar-refractivity contribution in [3.05, 3.63) is 59.2 Å². The number of imide groups is 1. The summed E-state index contributed by atoms with van der Waals surface area (Å²) in [6.45, 7) is 1.78. The molecule has 1 fully saturated rings. The van der Waals surface area contributed by atoms with Crippen molar-refractivity contribution in [2.24, 2.45) is 0 Å². The fraction of sp³-hybridized carbons (Fsp3) is 0.211. The van der Waals surface area contributed by atoms with Gasteiger partial charge in [-0.15, -0.1) is 13.2 Å². The van der Waals surface area contributed by atoms with Crippen molar-refractivity contribution in [1.82, 2.24) is 10.6 Å². The van der Waals surface area contributed by atoms with Gasteiger partial charge in [0.2, 0.25) is 5.54 Å². The standard InChI is InChI=1S/C19H14F3N3O4/c1-10-2-7-14-13(8-10)18(15(26)23-17(28)24-18)16(27)25(14)9-11-3-5-12(6-4-11)29-19(20,21)22/h2-8H,9H2,1H3,(H2,23,24,26,28). The summed E-state index contributed by atoms with van der Waals surface area (Å²) in [5.74, 6) is -1.79. The molecular weight excluding hydrogens is 391 g/mol. The van der Waals surface area contributed by atoms with Crippen molar-refractivity contribution in [2.45, 2.75) is 25.4 Å². The van der Waals surface area contributed by atoms with E-state index in [4.69, 9.17) is 0 Å². The highest BCUT2D eigenvalue weighted by Gasteiger charge is 2.61. The van der Waals surface area contributed by atoms with E-state index < -0.39 is 29.7 Å². The predicted octanol–water partition coefficient (Wildman–Crippen LogP) is 2.48. The monoisotopic (exact) mass is 405 g/mol. The van der Waals surface area contributed by atoms with Crippen LogP contribution in [0.4, 0.5) is 23.7 Å². The number of hydrogen-bond acceptors (Lipinski definition) is 4. The highest BCUT2D eigenvalue weighted by Crippen LogP contribution is 2.43. The molecule has 2 aliphatic rings. The van der Waals surface area contributed by atoms with Gasteiger partial charge < -0.3 is 15.0 Å². The molecule has 0 aliphatic carbocycles. The van der Waals surface area contributed by atoms with Gasteiger partial charge in [0.05, 0.1) is 12.2 Å². The molecular formula is C19H14F3N3O4. The van der Waals surface area contributed by atoms with Crippen LogP contribution in [0.2, 0.25) is 0 Å². The smallest absolute Gasteiger partial charge is 0.406 e. The van der Waals surface area contributed by atoms with E-state index in [-0.39, 0.29) is 12.3 Å². The number of nitrogens with one attached hydrogen (secondary N) is 2. The number of amides is 4. The fourth-order valence-corrected chi connectivity index (χ4v) is 3.54. The second-order valence-electron chi connectivity index (χ2n) is 6.76. The molecule has 1 unspecified atom stereocenters. The zero-order valence-electron chi connectivity index (χ0n) is 15.0. The largest absolute Gasteiger partial charge is 0.573 e. The molecule has 0 bridgehead atoms. The number of aryl methyl sites for hydroxylation is 1. The van der Waals surface area contributed by atoms with E-state index in [1.807, 2.05) is 0 Å². The number of urea groups is 1. The lowest BCUT2D eigenvalue weighted by Crippen LogP contribution is -2.52. The van der Waals surface area contributed by atoms with Gasteiger partial charge in [-0.3, -0.25) is 14.9 Å². The first kappa shape index (κ1) is 18.8. The summed E-state index contributed by atoms with van der Waals surface area (Å²) in [6.07, 6.45) is -4.80. The van der Waals surface area contributed by atoms with Gasteiger partial charge in [0.25, 0.3) is 11.8 Å². The molecule has 150 valence electrons. The highest BCUT2D eigenvalue weighted by molar-refractivity contribution is 6.27. The number of rotatable bonds is 3. The van der Waals surface area contributed by atoms with Crippen molar-refractivity contribution in [2.75, 3.05) is 4.90 Å². The second kappa shape index (κ2) is 6.23. The molecule has 1 atom stereocenters. The highest BCUT2D eigenvalue weighted by atomic mass is 19.4. The molecule has 0 saturated carbocycles. The van der Waals surface area contributed by atoms with Crippen LogP contribution in [0.25, 0.3) is 0 Å². The van der Waals surface area contributed by atoms with Gasteiger partial charge in [-0.05, 0) is 30.7 Å². The number of fused-ring (bicyclic) bond motifs is 2. The Kier molecular flexibility index (Phi) is 4.03. The van der Waals surface area contributed by atoms with Crippen LogP contribution in [0, 0.1) is 6.92 Å². The molecule has 2 aliphatic heterocycles. The molecule has 4 rings (SSSR count). The number of alkyl halides is 3. The molecule has 1 spiro atoms. The van der Waals surface area contributed by atoms with Crippen molar-refractivity contribution in [1.29, 1.82) is 0 Å². The first-order chi connectivity index (χ1) is 13.6. The van der Waals surface area contributed by atoms with Crippen LogP contribution in [0.1, 0.15) is 16.7 Å². The van der Waals surface area contributed by atoms with Crippen LogP contribution in [-0.4, -0.2) is 24.2 Å². The summed E-state index contributed by atoms with van der Waals surface area (Å²) in [7, 11) is 0. The van der Waals surface area contributed by atoms with E-state index in [2.05, 4.69) is 15.4 Å². The average molecular weight is 405 g/mol. The first-order valence-electron chi connectivity index (χ1n) is 8.51. The van der Waals surface area contributed by atoms with Crippen LogP contribution >= 0.6 is 0 Å². The van der Waals surface area contributed by atoms with E-state index in [0.29, 0.717) is 16.8 Å². The molecule has 0 aromatic heterocycles. The number of carbonyl (C=O) groups excluding carboxylic acids is 3. The number of hydrogen-bond donors (Lipinski definition) is 2. The van der Waals surface area contributed by atoms with Crippen LogP contribution in [0.15, 0.2) is 42.5 Å². The van der Waals surface area contributed by atoms with Gasteiger partial charge in [0.1, 0.15) is 5.75 Å². The average Bonchev–Trinajstić information content (AvgIpc) is 3.05. The molecule has 1 saturated heterocycles. The van der Waals surface area contributed by atoms with Crippen molar-refractivity contribution in [3.8, 4) is 5.75 Å². The molecule has 4 amide bonds. The number of ether oxygens (including phenoxy) is 1. The fourth-order valence-electron chi connectivity index (χ4n) is 3.54. The minimum absolute atomic E-state index is 0.00784. The van der Waals surface area contributed by atoms with Gasteiger partial charge in [-0.2, -0.15) is 0 Å². The lowest BCUT2D eigenvalue weighted by atomic mass is 9.90. The Hall–Kier alpha value is -3.56. The minimum Gasteiger partial charge on any atom is -0.406 e. The molecule has 0 radical (unpaired) electrons. The van der Waals surface area contributed by atoms with Gasteiger partial charge in [0.15, 0.2) is 0 Å². The number of nitrogens with zero attached hydrogens (tertiary/aromatic N) is 1.